The summed E-state index contributed by atoms with van der Waals surface area (Å²) in [5.74, 6) is -1.36. The first-order valence-electron chi connectivity index (χ1n) is 5.81. The number of rotatable bonds is 8. The van der Waals surface area contributed by atoms with Gasteiger partial charge in [0.25, 0.3) is 0 Å². The number of nitrogens with two attached hydrogens (primary N) is 1. The summed E-state index contributed by atoms with van der Waals surface area (Å²) < 4.78 is 0. The smallest absolute Gasteiger partial charge is 0.326 e. The van der Waals surface area contributed by atoms with E-state index in [-0.39, 0.29) is 5.91 Å². The van der Waals surface area contributed by atoms with E-state index in [1.54, 1.807) is 0 Å². The monoisotopic (exact) mass is 230 g/mol. The van der Waals surface area contributed by atoms with Crippen molar-refractivity contribution in [1.29, 1.82) is 0 Å². The summed E-state index contributed by atoms with van der Waals surface area (Å²) in [5, 5.41) is 11.4. The first-order valence-corrected chi connectivity index (χ1v) is 5.81. The predicted octanol–water partition coefficient (Wildman–Crippen LogP) is 0.873. The van der Waals surface area contributed by atoms with Gasteiger partial charge in [-0.25, -0.2) is 4.79 Å². The predicted molar refractivity (Wildman–Crippen MR) is 62.0 cm³/mol. The molecule has 0 saturated carbocycles. The maximum atomic E-state index is 11.5. The Morgan fingerprint density at radius 3 is 2.31 bits per heavy atom. The van der Waals surface area contributed by atoms with E-state index in [1.807, 2.05) is 13.8 Å². The summed E-state index contributed by atoms with van der Waals surface area (Å²) in [4.78, 5) is 22.4. The average molecular weight is 230 g/mol. The molecular weight excluding hydrogens is 208 g/mol. The topological polar surface area (TPSA) is 92.4 Å². The molecule has 94 valence electrons. The van der Waals surface area contributed by atoms with Crippen molar-refractivity contribution >= 4 is 11.9 Å². The van der Waals surface area contributed by atoms with Gasteiger partial charge in [0.2, 0.25) is 5.91 Å². The zero-order valence-corrected chi connectivity index (χ0v) is 10.0. The van der Waals surface area contributed by atoms with Gasteiger partial charge in [-0.2, -0.15) is 0 Å². The van der Waals surface area contributed by atoms with Gasteiger partial charge in [-0.1, -0.05) is 33.1 Å². The number of hydrogen-bond acceptors (Lipinski definition) is 3. The van der Waals surface area contributed by atoms with Crippen LogP contribution in [0.2, 0.25) is 0 Å². The number of amides is 1. The van der Waals surface area contributed by atoms with Gasteiger partial charge in [0.05, 0.1) is 6.04 Å². The minimum atomic E-state index is -0.995. The molecule has 16 heavy (non-hydrogen) atoms. The lowest BCUT2D eigenvalue weighted by molar-refractivity contribution is -0.142. The maximum Gasteiger partial charge on any atom is 0.326 e. The summed E-state index contributed by atoms with van der Waals surface area (Å²) in [6, 6.07) is -1.41. The number of carbonyl (C=O) groups excluding carboxylic acids is 1. The Morgan fingerprint density at radius 2 is 1.88 bits per heavy atom. The third-order valence-electron chi connectivity index (χ3n) is 2.40. The van der Waals surface area contributed by atoms with Crippen molar-refractivity contribution < 1.29 is 14.7 Å². The number of hydrogen-bond donors (Lipinski definition) is 3. The third kappa shape index (κ3) is 5.70. The molecule has 5 nitrogen and oxygen atoms in total. The van der Waals surface area contributed by atoms with Crippen LogP contribution in [0.5, 0.6) is 0 Å². The molecule has 0 aromatic rings. The van der Waals surface area contributed by atoms with Crippen LogP contribution in [-0.4, -0.2) is 29.1 Å². The fourth-order valence-electron chi connectivity index (χ4n) is 1.39. The van der Waals surface area contributed by atoms with Crippen molar-refractivity contribution in [2.24, 2.45) is 5.73 Å². The second kappa shape index (κ2) is 8.10. The summed E-state index contributed by atoms with van der Waals surface area (Å²) >= 11 is 0. The first kappa shape index (κ1) is 14.9. The second-order valence-corrected chi connectivity index (χ2v) is 3.94. The molecule has 1 unspecified atom stereocenters. The van der Waals surface area contributed by atoms with Crippen LogP contribution < -0.4 is 11.1 Å². The minimum absolute atomic E-state index is 0.370. The fourth-order valence-corrected chi connectivity index (χ4v) is 1.39. The van der Waals surface area contributed by atoms with Crippen LogP contribution in [0.15, 0.2) is 0 Å². The number of nitrogens with one attached hydrogen (secondary N) is 1. The van der Waals surface area contributed by atoms with Gasteiger partial charge in [0.15, 0.2) is 0 Å². The van der Waals surface area contributed by atoms with Gasteiger partial charge in [-0.15, -0.1) is 0 Å². The Morgan fingerprint density at radius 1 is 1.25 bits per heavy atom. The van der Waals surface area contributed by atoms with E-state index in [2.05, 4.69) is 5.32 Å². The molecule has 0 fully saturated rings. The Balaban J connectivity index is 4.17. The Bertz CT molecular complexity index is 231. The lowest BCUT2D eigenvalue weighted by Gasteiger charge is -2.17. The van der Waals surface area contributed by atoms with Crippen LogP contribution in [0, 0.1) is 0 Å². The van der Waals surface area contributed by atoms with E-state index in [0.717, 1.165) is 19.3 Å². The van der Waals surface area contributed by atoms with Crippen molar-refractivity contribution in [3.63, 3.8) is 0 Å². The first-order chi connectivity index (χ1) is 7.52. The molecule has 1 amide bonds. The number of aliphatic carboxylic acids is 1. The highest BCUT2D eigenvalue weighted by atomic mass is 16.4. The zero-order chi connectivity index (χ0) is 12.6. The highest BCUT2D eigenvalue weighted by Gasteiger charge is 2.21. The van der Waals surface area contributed by atoms with Crippen LogP contribution in [-0.2, 0) is 9.59 Å². The number of unbranched alkanes of at least 4 members (excludes halogenated alkanes) is 1. The van der Waals surface area contributed by atoms with E-state index < -0.39 is 18.1 Å². The number of carboxylic acids is 1. The Labute approximate surface area is 96.4 Å². The minimum Gasteiger partial charge on any atom is -0.480 e. The fraction of sp³-hybridized carbons (Fsp3) is 0.818. The molecule has 0 bridgehead atoms. The lowest BCUT2D eigenvalue weighted by atomic mass is 10.1. The zero-order valence-electron chi connectivity index (χ0n) is 10.0. The lowest BCUT2D eigenvalue weighted by Crippen LogP contribution is -2.48. The van der Waals surface area contributed by atoms with Crippen LogP contribution in [0.25, 0.3) is 0 Å². The van der Waals surface area contributed by atoms with E-state index in [0.29, 0.717) is 12.8 Å². The quantitative estimate of drug-likeness (QED) is 0.577. The SMILES string of the molecule is CCCCC(NC(=O)[C@H](N)CCC)C(=O)O. The van der Waals surface area contributed by atoms with Crippen molar-refractivity contribution in [3.8, 4) is 0 Å². The van der Waals surface area contributed by atoms with E-state index in [4.69, 9.17) is 10.8 Å². The molecular formula is C11H22N2O3. The molecule has 4 N–H and O–H groups in total. The maximum absolute atomic E-state index is 11.5. The van der Waals surface area contributed by atoms with Gasteiger partial charge in [-0.05, 0) is 12.8 Å². The molecule has 0 saturated heterocycles. The van der Waals surface area contributed by atoms with Crippen molar-refractivity contribution in [2.75, 3.05) is 0 Å². The molecule has 0 spiro atoms. The molecule has 0 aromatic carbocycles. The highest BCUT2D eigenvalue weighted by Crippen LogP contribution is 2.02. The van der Waals surface area contributed by atoms with Crippen molar-refractivity contribution in [3.05, 3.63) is 0 Å². The highest BCUT2D eigenvalue weighted by molar-refractivity contribution is 5.86. The molecule has 0 heterocycles. The second-order valence-electron chi connectivity index (χ2n) is 3.94. The Hall–Kier alpha value is -1.10. The average Bonchev–Trinajstić information content (AvgIpc) is 2.23. The van der Waals surface area contributed by atoms with Crippen molar-refractivity contribution in [1.82, 2.24) is 5.32 Å². The number of carboxylic acid groups (broad SMARTS) is 1. The number of carbonyl (C=O) groups is 2. The molecule has 0 aliphatic rings. The molecule has 0 aliphatic heterocycles. The standard InChI is InChI=1S/C11H22N2O3/c1-3-5-7-9(11(15)16)13-10(14)8(12)6-4-2/h8-9H,3-7,12H2,1-2H3,(H,13,14)(H,15,16)/t8-,9?/m1/s1. The van der Waals surface area contributed by atoms with E-state index >= 15 is 0 Å². The van der Waals surface area contributed by atoms with Gasteiger partial charge < -0.3 is 16.2 Å². The normalized spacial score (nSPS) is 14.2. The largest absolute Gasteiger partial charge is 0.480 e. The molecule has 0 rings (SSSR count). The Kier molecular flexibility index (Phi) is 7.54. The van der Waals surface area contributed by atoms with Crippen LogP contribution in [0.3, 0.4) is 0 Å². The van der Waals surface area contributed by atoms with Crippen molar-refractivity contribution in [2.45, 2.75) is 58.0 Å². The molecule has 2 atom stereocenters. The summed E-state index contributed by atoms with van der Waals surface area (Å²) in [6.07, 6.45) is 3.52. The van der Waals surface area contributed by atoms with Crippen LogP contribution in [0.1, 0.15) is 46.0 Å². The van der Waals surface area contributed by atoms with Crippen LogP contribution >= 0.6 is 0 Å². The van der Waals surface area contributed by atoms with Gasteiger partial charge >= 0.3 is 5.97 Å². The molecule has 0 aromatic heterocycles. The summed E-state index contributed by atoms with van der Waals surface area (Å²) in [6.45, 7) is 3.91. The molecule has 0 radical (unpaired) electrons. The summed E-state index contributed by atoms with van der Waals surface area (Å²) in [5.41, 5.74) is 5.60. The molecule has 5 heteroatoms. The van der Waals surface area contributed by atoms with Crippen LogP contribution in [0.4, 0.5) is 0 Å². The van der Waals surface area contributed by atoms with Gasteiger partial charge in [-0.3, -0.25) is 4.79 Å². The summed E-state index contributed by atoms with van der Waals surface area (Å²) in [7, 11) is 0. The third-order valence-corrected chi connectivity index (χ3v) is 2.40. The van der Waals surface area contributed by atoms with E-state index in [1.165, 1.54) is 0 Å². The van der Waals surface area contributed by atoms with Gasteiger partial charge in [0, 0.05) is 0 Å². The van der Waals surface area contributed by atoms with Gasteiger partial charge in [0.1, 0.15) is 6.04 Å². The molecule has 0 aliphatic carbocycles. The van der Waals surface area contributed by atoms with E-state index in [9.17, 15) is 9.59 Å².